The quantitative estimate of drug-likeness (QED) is 0.562. The maximum atomic E-state index is 10.8. The monoisotopic (exact) mass is 367 g/mol. The SMILES string of the molecule is CC(C)(C)[Si](C)(C)Oc1ccc(-c2noc(CCC(=O)Cl)n2)nc1. The second kappa shape index (κ2) is 7.02. The molecule has 0 unspecified atom stereocenters. The normalized spacial score (nSPS) is 12.2. The van der Waals surface area contributed by atoms with E-state index in [9.17, 15) is 4.79 Å². The molecule has 0 aliphatic rings. The topological polar surface area (TPSA) is 78.1 Å². The van der Waals surface area contributed by atoms with Crippen LogP contribution < -0.4 is 4.43 Å². The lowest BCUT2D eigenvalue weighted by atomic mass is 10.2. The van der Waals surface area contributed by atoms with Gasteiger partial charge in [0, 0.05) is 12.8 Å². The van der Waals surface area contributed by atoms with Gasteiger partial charge in [-0.2, -0.15) is 4.98 Å². The third-order valence-electron chi connectivity index (χ3n) is 4.15. The number of nitrogens with zero attached hydrogens (tertiary/aromatic N) is 3. The molecule has 8 heteroatoms. The van der Waals surface area contributed by atoms with Crippen molar-refractivity contribution in [2.24, 2.45) is 0 Å². The molecule has 0 amide bonds. The predicted octanol–water partition coefficient (Wildman–Crippen LogP) is 4.21. The van der Waals surface area contributed by atoms with Crippen LogP contribution in [0.5, 0.6) is 5.75 Å². The first kappa shape index (κ1) is 18.6. The summed E-state index contributed by atoms with van der Waals surface area (Å²) in [5, 5.41) is 3.56. The van der Waals surface area contributed by atoms with Gasteiger partial charge in [0.1, 0.15) is 11.4 Å². The molecule has 0 radical (unpaired) electrons. The van der Waals surface area contributed by atoms with Crippen LogP contribution >= 0.6 is 11.6 Å². The van der Waals surface area contributed by atoms with Crippen LogP contribution in [-0.4, -0.2) is 28.7 Å². The molecule has 0 bridgehead atoms. The number of hydrogen-bond acceptors (Lipinski definition) is 6. The van der Waals surface area contributed by atoms with Crippen LogP contribution in [0.4, 0.5) is 0 Å². The van der Waals surface area contributed by atoms with Crippen LogP contribution in [0.2, 0.25) is 18.1 Å². The van der Waals surface area contributed by atoms with E-state index in [1.165, 1.54) is 0 Å². The molecule has 2 rings (SSSR count). The fourth-order valence-corrected chi connectivity index (χ4v) is 2.80. The molecule has 0 aliphatic heterocycles. The highest BCUT2D eigenvalue weighted by Gasteiger charge is 2.39. The number of halogens is 1. The van der Waals surface area contributed by atoms with Crippen LogP contribution in [-0.2, 0) is 11.2 Å². The van der Waals surface area contributed by atoms with E-state index in [4.69, 9.17) is 20.6 Å². The van der Waals surface area contributed by atoms with Crippen molar-refractivity contribution in [3.8, 4) is 17.3 Å². The van der Waals surface area contributed by atoms with E-state index in [-0.39, 0.29) is 11.5 Å². The lowest BCUT2D eigenvalue weighted by molar-refractivity contribution is -0.111. The minimum atomic E-state index is -1.89. The van der Waals surface area contributed by atoms with E-state index in [1.54, 1.807) is 12.3 Å². The summed E-state index contributed by atoms with van der Waals surface area (Å²) in [6.45, 7) is 10.9. The predicted molar refractivity (Wildman–Crippen MR) is 94.5 cm³/mol. The van der Waals surface area contributed by atoms with Crippen LogP contribution in [0.25, 0.3) is 11.5 Å². The Balaban J connectivity index is 2.08. The Kier molecular flexibility index (Phi) is 5.44. The van der Waals surface area contributed by atoms with Crippen molar-refractivity contribution < 1.29 is 13.7 Å². The smallest absolute Gasteiger partial charge is 0.250 e. The van der Waals surface area contributed by atoms with Gasteiger partial charge in [-0.15, -0.1) is 0 Å². The zero-order chi connectivity index (χ0) is 18.0. The first-order chi connectivity index (χ1) is 11.1. The van der Waals surface area contributed by atoms with Crippen molar-refractivity contribution in [1.29, 1.82) is 0 Å². The summed E-state index contributed by atoms with van der Waals surface area (Å²) in [7, 11) is -1.89. The molecule has 6 nitrogen and oxygen atoms in total. The Hall–Kier alpha value is -1.73. The van der Waals surface area contributed by atoms with E-state index in [1.807, 2.05) is 6.07 Å². The Morgan fingerprint density at radius 3 is 2.58 bits per heavy atom. The number of aryl methyl sites for hydroxylation is 1. The van der Waals surface area contributed by atoms with Gasteiger partial charge in [-0.3, -0.25) is 4.79 Å². The molecular formula is C16H22ClN3O3Si. The highest BCUT2D eigenvalue weighted by atomic mass is 35.5. The number of hydrogen-bond donors (Lipinski definition) is 0. The van der Waals surface area contributed by atoms with Gasteiger partial charge in [0.25, 0.3) is 8.32 Å². The molecule has 0 saturated carbocycles. The van der Waals surface area contributed by atoms with Crippen molar-refractivity contribution >= 4 is 25.2 Å². The second-order valence-corrected chi connectivity index (χ2v) is 12.3. The highest BCUT2D eigenvalue weighted by molar-refractivity contribution is 6.74. The zero-order valence-electron chi connectivity index (χ0n) is 14.6. The van der Waals surface area contributed by atoms with Crippen molar-refractivity contribution in [2.45, 2.75) is 51.7 Å². The maximum absolute atomic E-state index is 10.8. The summed E-state index contributed by atoms with van der Waals surface area (Å²) in [5.74, 6) is 1.48. The van der Waals surface area contributed by atoms with E-state index in [0.29, 0.717) is 23.8 Å². The minimum absolute atomic E-state index is 0.119. The van der Waals surface area contributed by atoms with E-state index >= 15 is 0 Å². The number of aromatic nitrogens is 3. The lowest BCUT2D eigenvalue weighted by Crippen LogP contribution is -2.43. The number of pyridine rings is 1. The average Bonchev–Trinajstić information content (AvgIpc) is 2.93. The van der Waals surface area contributed by atoms with Gasteiger partial charge in [0.15, 0.2) is 0 Å². The molecule has 0 N–H and O–H groups in total. The fraction of sp³-hybridized carbons (Fsp3) is 0.500. The molecular weight excluding hydrogens is 346 g/mol. The molecule has 24 heavy (non-hydrogen) atoms. The molecule has 2 heterocycles. The van der Waals surface area contributed by atoms with Gasteiger partial charge in [-0.25, -0.2) is 4.98 Å². The number of rotatable bonds is 6. The Bertz CT molecular complexity index is 708. The van der Waals surface area contributed by atoms with Crippen LogP contribution in [0, 0.1) is 0 Å². The summed E-state index contributed by atoms with van der Waals surface area (Å²) in [6, 6.07) is 3.66. The molecule has 0 atom stereocenters. The molecule has 2 aromatic heterocycles. The Morgan fingerprint density at radius 2 is 2.04 bits per heavy atom. The zero-order valence-corrected chi connectivity index (χ0v) is 16.3. The highest BCUT2D eigenvalue weighted by Crippen LogP contribution is 2.37. The fourth-order valence-electron chi connectivity index (χ4n) is 1.69. The summed E-state index contributed by atoms with van der Waals surface area (Å²) in [4.78, 5) is 19.3. The molecule has 0 aliphatic carbocycles. The molecule has 0 spiro atoms. The third-order valence-corrected chi connectivity index (χ3v) is 8.70. The van der Waals surface area contributed by atoms with E-state index < -0.39 is 13.6 Å². The third kappa shape index (κ3) is 4.64. The first-order valence-corrected chi connectivity index (χ1v) is 11.0. The largest absolute Gasteiger partial charge is 0.542 e. The summed E-state index contributed by atoms with van der Waals surface area (Å²) in [5.41, 5.74) is 0.588. The summed E-state index contributed by atoms with van der Waals surface area (Å²) >= 11 is 5.30. The maximum Gasteiger partial charge on any atom is 0.250 e. The van der Waals surface area contributed by atoms with E-state index in [2.05, 4.69) is 49.0 Å². The van der Waals surface area contributed by atoms with Crippen LogP contribution in [0.1, 0.15) is 33.1 Å². The molecule has 0 aromatic carbocycles. The Labute approximate surface area is 147 Å². The molecule has 130 valence electrons. The summed E-state index contributed by atoms with van der Waals surface area (Å²) < 4.78 is 11.3. The molecule has 0 saturated heterocycles. The average molecular weight is 368 g/mol. The van der Waals surface area contributed by atoms with Gasteiger partial charge < -0.3 is 8.95 Å². The second-order valence-electron chi connectivity index (χ2n) is 7.11. The van der Waals surface area contributed by atoms with Gasteiger partial charge in [-0.05, 0) is 41.9 Å². The molecule has 0 fully saturated rings. The van der Waals surface area contributed by atoms with Crippen LogP contribution in [0.15, 0.2) is 22.9 Å². The Morgan fingerprint density at radius 1 is 1.33 bits per heavy atom. The van der Waals surface area contributed by atoms with Gasteiger partial charge in [0.2, 0.25) is 17.0 Å². The van der Waals surface area contributed by atoms with E-state index in [0.717, 1.165) is 5.75 Å². The standard InChI is InChI=1S/C16H22ClN3O3Si/c1-16(2,3)24(4,5)23-11-6-7-12(18-10-11)15-19-14(22-20-15)9-8-13(17)21/h6-7,10H,8-9H2,1-5H3. The van der Waals surface area contributed by atoms with Gasteiger partial charge in [0.05, 0.1) is 6.20 Å². The van der Waals surface area contributed by atoms with Crippen molar-refractivity contribution in [3.05, 3.63) is 24.2 Å². The van der Waals surface area contributed by atoms with Crippen molar-refractivity contribution in [1.82, 2.24) is 15.1 Å². The summed E-state index contributed by atoms with van der Waals surface area (Å²) in [6.07, 6.45) is 2.16. The van der Waals surface area contributed by atoms with Crippen LogP contribution in [0.3, 0.4) is 0 Å². The molecule has 2 aromatic rings. The number of carbonyl (C=O) groups excluding carboxylic acids is 1. The lowest BCUT2D eigenvalue weighted by Gasteiger charge is -2.36. The van der Waals surface area contributed by atoms with Gasteiger partial charge in [-0.1, -0.05) is 25.9 Å². The van der Waals surface area contributed by atoms with Gasteiger partial charge >= 0.3 is 0 Å². The first-order valence-electron chi connectivity index (χ1n) is 7.75. The van der Waals surface area contributed by atoms with Crippen molar-refractivity contribution in [3.63, 3.8) is 0 Å². The van der Waals surface area contributed by atoms with Crippen molar-refractivity contribution in [2.75, 3.05) is 0 Å². The number of carbonyl (C=O) groups is 1. The minimum Gasteiger partial charge on any atom is -0.542 e.